The summed E-state index contributed by atoms with van der Waals surface area (Å²) in [6.07, 6.45) is 4.06. The molecule has 1 aliphatic carbocycles. The Morgan fingerprint density at radius 2 is 1.90 bits per heavy atom. The number of hydrogen-bond acceptors (Lipinski definition) is 10. The molecule has 0 atom stereocenters. The first-order chi connectivity index (χ1) is 19.6. The van der Waals surface area contributed by atoms with Crippen molar-refractivity contribution < 1.29 is 14.3 Å². The van der Waals surface area contributed by atoms with Gasteiger partial charge in [0.25, 0.3) is 0 Å². The van der Waals surface area contributed by atoms with Crippen molar-refractivity contribution in [2.45, 2.75) is 25.7 Å². The van der Waals surface area contributed by atoms with E-state index in [4.69, 9.17) is 9.47 Å². The highest BCUT2D eigenvalue weighted by Gasteiger charge is 2.26. The number of nitrogens with zero attached hydrogens (tertiary/aromatic N) is 6. The summed E-state index contributed by atoms with van der Waals surface area (Å²) in [6, 6.07) is 8.65. The number of morpholine rings is 1. The van der Waals surface area contributed by atoms with Gasteiger partial charge in [0.15, 0.2) is 6.61 Å². The molecule has 9 nitrogen and oxygen atoms in total. The number of hydrogen-bond donors (Lipinski definition) is 0. The Morgan fingerprint density at radius 3 is 2.65 bits per heavy atom. The predicted molar refractivity (Wildman–Crippen MR) is 155 cm³/mol. The molecule has 0 radical (unpaired) electrons. The molecule has 0 spiro atoms. The fourth-order valence-corrected chi connectivity index (χ4v) is 6.41. The van der Waals surface area contributed by atoms with E-state index >= 15 is 0 Å². The summed E-state index contributed by atoms with van der Waals surface area (Å²) in [5.74, 6) is 7.29. The summed E-state index contributed by atoms with van der Waals surface area (Å²) in [7, 11) is 0. The van der Waals surface area contributed by atoms with Crippen LogP contribution >= 0.6 is 11.3 Å². The summed E-state index contributed by atoms with van der Waals surface area (Å²) in [6.45, 7) is 8.92. The number of anilines is 2. The monoisotopic (exact) mass is 556 g/mol. The molecule has 0 N–H and O–H groups in total. The third kappa shape index (κ3) is 5.62. The van der Waals surface area contributed by atoms with Gasteiger partial charge in [-0.3, -0.25) is 4.90 Å². The van der Waals surface area contributed by atoms with E-state index < -0.39 is 0 Å². The standard InChI is InChI=1S/C30H32N6O3S/c1-21-26-28(36-13-16-38-17-14-36)32-20-33-29(26)40-27(21)30(37)39-15-3-2-8-34-9-11-35(12-10-34)25-18-23(22-4-5-22)6-7-24(25)19-31/h6-7,18,20,22H,4-5,8-17H2,1H3. The maximum atomic E-state index is 12.9. The highest BCUT2D eigenvalue weighted by Crippen LogP contribution is 2.42. The van der Waals surface area contributed by atoms with Crippen molar-refractivity contribution >= 4 is 39.0 Å². The lowest BCUT2D eigenvalue weighted by molar-refractivity contribution is 0.0561. The molecule has 2 aromatic heterocycles. The summed E-state index contributed by atoms with van der Waals surface area (Å²) >= 11 is 1.34. The van der Waals surface area contributed by atoms with Crippen molar-refractivity contribution in [2.75, 3.05) is 75.4 Å². The predicted octanol–water partition coefficient (Wildman–Crippen LogP) is 3.57. The highest BCUT2D eigenvalue weighted by atomic mass is 32.1. The SMILES string of the molecule is Cc1c(C(=O)OCC#CCN2CCN(c3cc(C4CC4)ccc3C#N)CC2)sc2ncnc(N3CCOCC3)c12. The number of ether oxygens (including phenoxy) is 2. The van der Waals surface area contributed by atoms with Crippen LogP contribution in [0.3, 0.4) is 0 Å². The number of esters is 1. The van der Waals surface area contributed by atoms with Crippen molar-refractivity contribution in [3.8, 4) is 17.9 Å². The van der Waals surface area contributed by atoms with Crippen LogP contribution in [0.5, 0.6) is 0 Å². The first-order valence-electron chi connectivity index (χ1n) is 13.8. The van der Waals surface area contributed by atoms with Crippen LogP contribution < -0.4 is 9.80 Å². The molecule has 2 saturated heterocycles. The highest BCUT2D eigenvalue weighted by molar-refractivity contribution is 7.20. The number of piperazine rings is 1. The lowest BCUT2D eigenvalue weighted by Gasteiger charge is -2.35. The van der Waals surface area contributed by atoms with Crippen LogP contribution in [-0.4, -0.2) is 86.5 Å². The van der Waals surface area contributed by atoms with Gasteiger partial charge in [0.2, 0.25) is 0 Å². The van der Waals surface area contributed by atoms with E-state index in [2.05, 4.69) is 54.7 Å². The number of carbonyl (C=O) groups is 1. The maximum Gasteiger partial charge on any atom is 0.349 e. The molecular weight excluding hydrogens is 524 g/mol. The Kier molecular flexibility index (Phi) is 7.83. The Morgan fingerprint density at radius 1 is 1.10 bits per heavy atom. The van der Waals surface area contributed by atoms with Gasteiger partial charge in [-0.1, -0.05) is 17.9 Å². The van der Waals surface area contributed by atoms with Crippen LogP contribution in [0.15, 0.2) is 24.5 Å². The quantitative estimate of drug-likeness (QED) is 0.334. The second-order valence-corrected chi connectivity index (χ2v) is 11.4. The minimum Gasteiger partial charge on any atom is -0.448 e. The van der Waals surface area contributed by atoms with E-state index in [-0.39, 0.29) is 12.6 Å². The Balaban J connectivity index is 1.01. The van der Waals surface area contributed by atoms with Crippen molar-refractivity contribution in [3.63, 3.8) is 0 Å². The number of thiophene rings is 1. The lowest BCUT2D eigenvalue weighted by atomic mass is 10.0. The second kappa shape index (κ2) is 11.8. The van der Waals surface area contributed by atoms with E-state index in [1.54, 1.807) is 6.33 Å². The van der Waals surface area contributed by atoms with Gasteiger partial charge in [-0.2, -0.15) is 5.26 Å². The fourth-order valence-electron chi connectivity index (χ4n) is 5.37. The molecular formula is C30H32N6O3S. The van der Waals surface area contributed by atoms with E-state index in [1.807, 2.05) is 13.0 Å². The summed E-state index contributed by atoms with van der Waals surface area (Å²) < 4.78 is 11.0. The second-order valence-electron chi connectivity index (χ2n) is 10.4. The third-order valence-corrected chi connectivity index (χ3v) is 8.99. The average molecular weight is 557 g/mol. The van der Waals surface area contributed by atoms with E-state index in [1.165, 1.54) is 29.7 Å². The van der Waals surface area contributed by atoms with Gasteiger partial charge in [-0.25, -0.2) is 14.8 Å². The molecule has 40 heavy (non-hydrogen) atoms. The number of fused-ring (bicyclic) bond motifs is 1. The Labute approximate surface area is 238 Å². The van der Waals surface area contributed by atoms with Crippen LogP contribution in [0, 0.1) is 30.1 Å². The fraction of sp³-hybridized carbons (Fsp3) is 0.467. The van der Waals surface area contributed by atoms with Crippen LogP contribution in [0.25, 0.3) is 10.2 Å². The van der Waals surface area contributed by atoms with Gasteiger partial charge in [0, 0.05) is 39.3 Å². The molecule has 1 saturated carbocycles. The van der Waals surface area contributed by atoms with Crippen molar-refractivity contribution in [2.24, 2.45) is 0 Å². The number of aryl methyl sites for hydroxylation is 1. The normalized spacial score (nSPS) is 17.8. The van der Waals surface area contributed by atoms with Gasteiger partial charge in [-0.15, -0.1) is 11.3 Å². The number of rotatable bonds is 6. The largest absolute Gasteiger partial charge is 0.448 e. The van der Waals surface area contributed by atoms with Crippen LogP contribution in [-0.2, 0) is 9.47 Å². The number of carbonyl (C=O) groups excluding carboxylic acids is 1. The van der Waals surface area contributed by atoms with E-state index in [0.29, 0.717) is 30.6 Å². The molecule has 1 aromatic carbocycles. The number of aromatic nitrogens is 2. The Hall–Kier alpha value is -3.70. The van der Waals surface area contributed by atoms with Crippen molar-refractivity contribution in [3.05, 3.63) is 46.1 Å². The molecule has 3 aromatic rings. The zero-order valence-electron chi connectivity index (χ0n) is 22.7. The van der Waals surface area contributed by atoms with Crippen LogP contribution in [0.1, 0.15) is 45.1 Å². The molecule has 3 aliphatic rings. The van der Waals surface area contributed by atoms with Crippen LogP contribution in [0.4, 0.5) is 11.5 Å². The zero-order valence-corrected chi connectivity index (χ0v) is 23.5. The molecule has 206 valence electrons. The third-order valence-electron chi connectivity index (χ3n) is 7.81. The van der Waals surface area contributed by atoms with Crippen LogP contribution in [0.2, 0.25) is 0 Å². The molecule has 0 unspecified atom stereocenters. The molecule has 4 heterocycles. The number of nitriles is 1. The first-order valence-corrected chi connectivity index (χ1v) is 14.6. The van der Waals surface area contributed by atoms with Gasteiger partial charge >= 0.3 is 5.97 Å². The smallest absolute Gasteiger partial charge is 0.349 e. The van der Waals surface area contributed by atoms with Gasteiger partial charge in [0.05, 0.1) is 36.4 Å². The molecule has 10 heteroatoms. The number of benzene rings is 1. The maximum absolute atomic E-state index is 12.9. The van der Waals surface area contributed by atoms with E-state index in [0.717, 1.165) is 72.1 Å². The van der Waals surface area contributed by atoms with Crippen molar-refractivity contribution in [1.82, 2.24) is 14.9 Å². The Bertz CT molecular complexity index is 1500. The zero-order chi connectivity index (χ0) is 27.5. The minimum absolute atomic E-state index is 0.0496. The summed E-state index contributed by atoms with van der Waals surface area (Å²) in [5.41, 5.74) is 4.01. The molecule has 6 rings (SSSR count). The molecule has 0 bridgehead atoms. The van der Waals surface area contributed by atoms with Gasteiger partial charge < -0.3 is 19.3 Å². The summed E-state index contributed by atoms with van der Waals surface area (Å²) in [5, 5.41) is 10.5. The van der Waals surface area contributed by atoms with Crippen molar-refractivity contribution in [1.29, 1.82) is 5.26 Å². The minimum atomic E-state index is -0.377. The molecule has 2 aliphatic heterocycles. The van der Waals surface area contributed by atoms with E-state index in [9.17, 15) is 10.1 Å². The van der Waals surface area contributed by atoms with Gasteiger partial charge in [0.1, 0.15) is 27.9 Å². The average Bonchev–Trinajstić information content (AvgIpc) is 3.80. The molecule has 3 fully saturated rings. The van der Waals surface area contributed by atoms with Gasteiger partial charge in [-0.05, 0) is 48.9 Å². The molecule has 0 amide bonds. The summed E-state index contributed by atoms with van der Waals surface area (Å²) in [4.78, 5) is 29.9. The first kappa shape index (κ1) is 26.5. The lowest BCUT2D eigenvalue weighted by Crippen LogP contribution is -2.46. The topological polar surface area (TPSA) is 94.8 Å².